The van der Waals surface area contributed by atoms with Crippen LogP contribution in [0.25, 0.3) is 0 Å². The van der Waals surface area contributed by atoms with Crippen molar-refractivity contribution in [1.29, 1.82) is 5.26 Å². The monoisotopic (exact) mass is 485 g/mol. The quantitative estimate of drug-likeness (QED) is 0.375. The number of H-pyrrole nitrogens is 1. The number of carbonyl (C=O) groups is 4. The van der Waals surface area contributed by atoms with Crippen LogP contribution >= 0.6 is 0 Å². The van der Waals surface area contributed by atoms with Gasteiger partial charge in [-0.1, -0.05) is 0 Å². The maximum Gasteiger partial charge on any atom is 0.330 e. The van der Waals surface area contributed by atoms with E-state index in [1.54, 1.807) is 11.1 Å². The van der Waals surface area contributed by atoms with Crippen LogP contribution in [-0.4, -0.2) is 63.9 Å². The van der Waals surface area contributed by atoms with E-state index in [1.165, 1.54) is 0 Å². The molecule has 5 atom stereocenters. The highest BCUT2D eigenvalue weighted by Gasteiger charge is 2.65. The van der Waals surface area contributed by atoms with Crippen LogP contribution in [0.3, 0.4) is 0 Å². The van der Waals surface area contributed by atoms with Crippen molar-refractivity contribution in [3.8, 4) is 6.07 Å². The van der Waals surface area contributed by atoms with Crippen molar-refractivity contribution in [3.05, 3.63) is 32.9 Å². The van der Waals surface area contributed by atoms with Crippen molar-refractivity contribution in [2.45, 2.75) is 57.8 Å². The predicted molar refractivity (Wildman–Crippen MR) is 103 cm³/mol. The minimum absolute atomic E-state index is 0.410. The van der Waals surface area contributed by atoms with Gasteiger partial charge in [0.05, 0.1) is 6.20 Å². The van der Waals surface area contributed by atoms with E-state index in [4.69, 9.17) is 23.7 Å². The molecule has 0 unspecified atom stereocenters. The first kappa shape index (κ1) is 26.2. The van der Waals surface area contributed by atoms with Crippen LogP contribution in [-0.2, 0) is 42.9 Å². The van der Waals surface area contributed by atoms with Crippen LogP contribution in [0, 0.1) is 17.1 Å². The van der Waals surface area contributed by atoms with E-state index in [0.29, 0.717) is 10.8 Å². The Kier molecular flexibility index (Phi) is 7.90. The molecule has 0 saturated carbocycles. The topological polar surface area (TPSA) is 193 Å². The summed E-state index contributed by atoms with van der Waals surface area (Å²) < 4.78 is 40.5. The van der Waals surface area contributed by atoms with E-state index < -0.39 is 77.7 Å². The molecule has 0 aromatic carbocycles. The largest absolute Gasteiger partial charge is 0.463 e. The molecule has 2 rings (SSSR count). The lowest BCUT2D eigenvalue weighted by Crippen LogP contribution is -2.69. The van der Waals surface area contributed by atoms with Gasteiger partial charge in [0.15, 0.2) is 12.3 Å². The van der Waals surface area contributed by atoms with Crippen LogP contribution < -0.4 is 11.2 Å². The van der Waals surface area contributed by atoms with Crippen LogP contribution in [0.1, 0.15) is 33.9 Å². The summed E-state index contributed by atoms with van der Waals surface area (Å²) in [5, 5.41) is 10.1. The van der Waals surface area contributed by atoms with Crippen molar-refractivity contribution in [1.82, 2.24) is 9.55 Å². The summed E-state index contributed by atoms with van der Waals surface area (Å²) in [6.45, 7) is 3.10. The molecule has 1 aliphatic rings. The molecule has 1 fully saturated rings. The zero-order valence-corrected chi connectivity index (χ0v) is 18.4. The first-order valence-corrected chi connectivity index (χ1v) is 9.57. The molecular weight excluding hydrogens is 465 g/mol. The molecule has 0 aliphatic carbocycles. The minimum atomic E-state index is -2.66. The molecule has 1 aromatic rings. The molecule has 0 amide bonds. The van der Waals surface area contributed by atoms with E-state index in [1.807, 2.05) is 0 Å². The lowest BCUT2D eigenvalue weighted by Gasteiger charge is -2.48. The van der Waals surface area contributed by atoms with Gasteiger partial charge in [-0.05, 0) is 0 Å². The molecule has 0 radical (unpaired) electrons. The molecule has 15 heteroatoms. The van der Waals surface area contributed by atoms with E-state index in [-0.39, 0.29) is 0 Å². The van der Waals surface area contributed by atoms with Crippen LogP contribution in [0.15, 0.2) is 15.8 Å². The number of aromatic nitrogens is 2. The van der Waals surface area contributed by atoms with Crippen LogP contribution in [0.5, 0.6) is 0 Å². The molecule has 14 nitrogen and oxygen atoms in total. The molecule has 34 heavy (non-hydrogen) atoms. The molecule has 1 N–H and O–H groups in total. The number of aromatic amines is 1. The second-order valence-corrected chi connectivity index (χ2v) is 7.07. The van der Waals surface area contributed by atoms with Gasteiger partial charge in [0, 0.05) is 27.7 Å². The van der Waals surface area contributed by atoms with Gasteiger partial charge < -0.3 is 23.7 Å². The Morgan fingerprint density at radius 3 is 2.18 bits per heavy atom. The number of rotatable bonds is 6. The number of nitrogens with one attached hydrogen (secondary N) is 1. The van der Waals surface area contributed by atoms with Gasteiger partial charge in [0.1, 0.15) is 18.8 Å². The fourth-order valence-corrected chi connectivity index (χ4v) is 3.33. The SMILES string of the molecule is CC(=O)OC[C@H]1O[C@@H](n2cc(F)c(=O)[nH]c2=O)[C@H](OC(C)=O)[C@@](C#N)(OC(C)=O)[C@@H]1OC(C)=O. The fraction of sp³-hybridized carbons (Fsp3) is 0.526. The van der Waals surface area contributed by atoms with Crippen LogP contribution in [0.4, 0.5) is 4.39 Å². The summed E-state index contributed by atoms with van der Waals surface area (Å²) in [6.07, 6.45) is -6.98. The molecule has 0 bridgehead atoms. The predicted octanol–water partition coefficient (Wildman–Crippen LogP) is -1.17. The maximum atomic E-state index is 14.0. The normalized spacial score (nSPS) is 26.0. The van der Waals surface area contributed by atoms with Crippen molar-refractivity contribution >= 4 is 23.9 Å². The Labute approximate surface area is 190 Å². The average molecular weight is 485 g/mol. The Morgan fingerprint density at radius 1 is 1.09 bits per heavy atom. The Bertz CT molecular complexity index is 1150. The molecule has 1 saturated heterocycles. The zero-order valence-electron chi connectivity index (χ0n) is 18.4. The van der Waals surface area contributed by atoms with Crippen LogP contribution in [0.2, 0.25) is 0 Å². The molecule has 1 aromatic heterocycles. The second-order valence-electron chi connectivity index (χ2n) is 7.07. The average Bonchev–Trinajstić information content (AvgIpc) is 2.71. The number of hydrogen-bond donors (Lipinski definition) is 1. The van der Waals surface area contributed by atoms with E-state index >= 15 is 0 Å². The van der Waals surface area contributed by atoms with Gasteiger partial charge in [0.2, 0.25) is 11.9 Å². The highest BCUT2D eigenvalue weighted by molar-refractivity contribution is 5.70. The van der Waals surface area contributed by atoms with Gasteiger partial charge in [-0.25, -0.2) is 4.79 Å². The summed E-state index contributed by atoms with van der Waals surface area (Å²) in [6, 6.07) is 1.62. The van der Waals surface area contributed by atoms with Crippen molar-refractivity contribution in [3.63, 3.8) is 0 Å². The summed E-state index contributed by atoms with van der Waals surface area (Å²) in [4.78, 5) is 72.6. The summed E-state index contributed by atoms with van der Waals surface area (Å²) in [7, 11) is 0. The third-order valence-electron chi connectivity index (χ3n) is 4.48. The number of nitriles is 1. The fourth-order valence-electron chi connectivity index (χ4n) is 3.33. The Balaban J connectivity index is 2.84. The van der Waals surface area contributed by atoms with E-state index in [2.05, 4.69) is 0 Å². The first-order chi connectivity index (χ1) is 15.8. The van der Waals surface area contributed by atoms with Gasteiger partial charge in [0.25, 0.3) is 11.2 Å². The summed E-state index contributed by atoms with van der Waals surface area (Å²) in [5.74, 6) is -5.39. The molecule has 184 valence electrons. The van der Waals surface area contributed by atoms with E-state index in [9.17, 15) is 38.4 Å². The van der Waals surface area contributed by atoms with Crippen molar-refractivity contribution < 1.29 is 47.3 Å². The van der Waals surface area contributed by atoms with Gasteiger partial charge >= 0.3 is 29.6 Å². The number of hydrogen-bond acceptors (Lipinski definition) is 12. The molecular formula is C19H20FN3O11. The van der Waals surface area contributed by atoms with Crippen molar-refractivity contribution in [2.75, 3.05) is 6.61 Å². The lowest BCUT2D eigenvalue weighted by atomic mass is 9.83. The summed E-state index contributed by atoms with van der Waals surface area (Å²) in [5.41, 5.74) is -5.29. The highest BCUT2D eigenvalue weighted by atomic mass is 19.1. The second kappa shape index (κ2) is 10.3. The lowest BCUT2D eigenvalue weighted by molar-refractivity contribution is -0.289. The highest BCUT2D eigenvalue weighted by Crippen LogP contribution is 2.41. The molecule has 0 spiro atoms. The zero-order chi connectivity index (χ0) is 25.8. The summed E-state index contributed by atoms with van der Waals surface area (Å²) >= 11 is 0. The smallest absolute Gasteiger partial charge is 0.330 e. The molecule has 2 heterocycles. The van der Waals surface area contributed by atoms with Gasteiger partial charge in [-0.3, -0.25) is 33.5 Å². The van der Waals surface area contributed by atoms with E-state index in [0.717, 1.165) is 27.7 Å². The third kappa shape index (κ3) is 5.46. The van der Waals surface area contributed by atoms with Crippen molar-refractivity contribution in [2.24, 2.45) is 0 Å². The minimum Gasteiger partial charge on any atom is -0.463 e. The first-order valence-electron chi connectivity index (χ1n) is 9.57. The number of esters is 4. The number of ether oxygens (including phenoxy) is 5. The third-order valence-corrected chi connectivity index (χ3v) is 4.48. The Morgan fingerprint density at radius 2 is 1.68 bits per heavy atom. The number of nitrogens with zero attached hydrogens (tertiary/aromatic N) is 2. The molecule has 1 aliphatic heterocycles. The number of carbonyl (C=O) groups excluding carboxylic acids is 4. The maximum absolute atomic E-state index is 14.0. The number of halogens is 1. The van der Waals surface area contributed by atoms with Gasteiger partial charge in [-0.15, -0.1) is 0 Å². The van der Waals surface area contributed by atoms with Gasteiger partial charge in [-0.2, -0.15) is 9.65 Å². The standard InChI is InChI=1S/C19H20FN3O11/c1-8(24)30-6-13-14(31-9(2)25)19(7-21,34-11(4)27)15(32-10(3)26)17(33-13)23-5-12(20)16(28)22-18(23)29/h5,13-15,17H,6H2,1-4H3,(H,22,28,29)/t13-,14-,15+,17-,19+/m1/s1. The Hall–Kier alpha value is -4.06.